The van der Waals surface area contributed by atoms with Crippen LogP contribution in [0.5, 0.6) is 0 Å². The Labute approximate surface area is 151 Å². The zero-order valence-electron chi connectivity index (χ0n) is 17.0. The minimum absolute atomic E-state index is 0.495. The normalized spacial score (nSPS) is 16.4. The molecule has 0 saturated heterocycles. The highest BCUT2D eigenvalue weighted by Gasteiger charge is 2.35. The topological polar surface area (TPSA) is 0 Å². The van der Waals surface area contributed by atoms with Crippen LogP contribution in [0.3, 0.4) is 0 Å². The van der Waals surface area contributed by atoms with E-state index in [-0.39, 0.29) is 0 Å². The zero-order valence-corrected chi connectivity index (χ0v) is 17.0. The molecule has 0 aliphatic heterocycles. The number of benzene rings is 1. The number of aryl methyl sites for hydroxylation is 3. The second-order valence-electron chi connectivity index (χ2n) is 9.90. The van der Waals surface area contributed by atoms with E-state index in [1.165, 1.54) is 81.8 Å². The molecule has 0 atom stereocenters. The summed E-state index contributed by atoms with van der Waals surface area (Å²) in [6, 6.07) is 7.23. The fourth-order valence-electron chi connectivity index (χ4n) is 3.69. The molecule has 1 aliphatic rings. The van der Waals surface area contributed by atoms with Crippen LogP contribution in [-0.4, -0.2) is 0 Å². The maximum Gasteiger partial charge on any atom is -0.0276 e. The van der Waals surface area contributed by atoms with Crippen molar-refractivity contribution in [3.8, 4) is 0 Å². The minimum Gasteiger partial charge on any atom is -0.0602 e. The van der Waals surface area contributed by atoms with Crippen molar-refractivity contribution >= 4 is 0 Å². The molecule has 0 bridgehead atoms. The second-order valence-corrected chi connectivity index (χ2v) is 9.90. The van der Waals surface area contributed by atoms with E-state index in [0.29, 0.717) is 5.41 Å². The van der Waals surface area contributed by atoms with Crippen LogP contribution in [0, 0.1) is 17.8 Å². The predicted octanol–water partition coefficient (Wildman–Crippen LogP) is 7.66. The first-order chi connectivity index (χ1) is 11.3. The van der Waals surface area contributed by atoms with Crippen LogP contribution in [0.15, 0.2) is 18.2 Å². The molecule has 136 valence electrons. The van der Waals surface area contributed by atoms with Gasteiger partial charge in [-0.1, -0.05) is 65.2 Å². The molecule has 0 nitrogen and oxygen atoms in total. The van der Waals surface area contributed by atoms with Crippen LogP contribution < -0.4 is 0 Å². The van der Waals surface area contributed by atoms with E-state index in [1.807, 2.05) is 0 Å². The van der Waals surface area contributed by atoms with Gasteiger partial charge in [0.1, 0.15) is 0 Å². The smallest absolute Gasteiger partial charge is 0.0276 e. The Bertz CT molecular complexity index is 499. The molecule has 0 heterocycles. The number of unbranched alkanes of at least 4 members (excludes halogenated alkanes) is 3. The molecule has 1 aliphatic carbocycles. The lowest BCUT2D eigenvalue weighted by Gasteiger charge is -2.17. The van der Waals surface area contributed by atoms with Crippen LogP contribution in [-0.2, 0) is 12.8 Å². The first kappa shape index (κ1) is 19.5. The molecule has 0 heteroatoms. The van der Waals surface area contributed by atoms with Crippen LogP contribution >= 0.6 is 0 Å². The summed E-state index contributed by atoms with van der Waals surface area (Å²) >= 11 is 0. The summed E-state index contributed by atoms with van der Waals surface area (Å²) in [5.74, 6) is 0. The lowest BCUT2D eigenvalue weighted by atomic mass is 9.89. The van der Waals surface area contributed by atoms with E-state index >= 15 is 0 Å². The number of hydrogen-bond donors (Lipinski definition) is 0. The second kappa shape index (κ2) is 8.54. The maximum atomic E-state index is 2.45. The summed E-state index contributed by atoms with van der Waals surface area (Å²) in [7, 11) is 0. The van der Waals surface area contributed by atoms with Crippen molar-refractivity contribution in [3.05, 3.63) is 34.9 Å². The van der Waals surface area contributed by atoms with Gasteiger partial charge < -0.3 is 0 Å². The lowest BCUT2D eigenvalue weighted by Crippen LogP contribution is -2.04. The Balaban J connectivity index is 1.65. The average Bonchev–Trinajstić information content (AvgIpc) is 3.22. The summed E-state index contributed by atoms with van der Waals surface area (Å²) in [5.41, 5.74) is 5.85. The largest absolute Gasteiger partial charge is 0.0602 e. The van der Waals surface area contributed by atoms with Gasteiger partial charge in [0.05, 0.1) is 0 Å². The molecule has 2 rings (SSSR count). The summed E-state index contributed by atoms with van der Waals surface area (Å²) in [4.78, 5) is 0. The molecule has 0 radical (unpaired) electrons. The van der Waals surface area contributed by atoms with E-state index in [2.05, 4.69) is 52.8 Å². The lowest BCUT2D eigenvalue weighted by molar-refractivity contribution is 0.358. The van der Waals surface area contributed by atoms with Gasteiger partial charge in [-0.05, 0) is 85.8 Å². The van der Waals surface area contributed by atoms with Gasteiger partial charge >= 0.3 is 0 Å². The van der Waals surface area contributed by atoms with Gasteiger partial charge in [-0.3, -0.25) is 0 Å². The molecule has 0 amide bonds. The van der Waals surface area contributed by atoms with Gasteiger partial charge in [-0.15, -0.1) is 0 Å². The Hall–Kier alpha value is -0.780. The molecule has 0 spiro atoms. The van der Waals surface area contributed by atoms with E-state index < -0.39 is 0 Å². The van der Waals surface area contributed by atoms with Gasteiger partial charge in [0.15, 0.2) is 0 Å². The van der Waals surface area contributed by atoms with Crippen molar-refractivity contribution in [2.45, 2.75) is 105 Å². The fourth-order valence-corrected chi connectivity index (χ4v) is 3.69. The molecule has 1 aromatic rings. The third kappa shape index (κ3) is 7.41. The van der Waals surface area contributed by atoms with Crippen molar-refractivity contribution in [1.82, 2.24) is 0 Å². The zero-order chi connectivity index (χ0) is 17.6. The maximum absolute atomic E-state index is 2.45. The fraction of sp³-hybridized carbons (Fsp3) is 0.750. The van der Waals surface area contributed by atoms with E-state index in [1.54, 1.807) is 5.56 Å². The quantitative estimate of drug-likeness (QED) is 0.387. The SMILES string of the molecule is Cc1cc(CCCCCC(C)(C)C)ccc1CCCCC1(C)CC1. The highest BCUT2D eigenvalue weighted by molar-refractivity contribution is 5.31. The summed E-state index contributed by atoms with van der Waals surface area (Å²) in [5, 5.41) is 0. The van der Waals surface area contributed by atoms with Crippen LogP contribution in [0.2, 0.25) is 0 Å². The van der Waals surface area contributed by atoms with Gasteiger partial charge in [-0.25, -0.2) is 0 Å². The number of rotatable bonds is 10. The predicted molar refractivity (Wildman–Crippen MR) is 108 cm³/mol. The summed E-state index contributed by atoms with van der Waals surface area (Å²) < 4.78 is 0. The summed E-state index contributed by atoms with van der Waals surface area (Å²) in [6.07, 6.45) is 15.1. The van der Waals surface area contributed by atoms with Gasteiger partial charge in [-0.2, -0.15) is 0 Å². The van der Waals surface area contributed by atoms with Crippen LogP contribution in [0.4, 0.5) is 0 Å². The molecule has 1 aromatic carbocycles. The van der Waals surface area contributed by atoms with E-state index in [4.69, 9.17) is 0 Å². The van der Waals surface area contributed by atoms with Crippen molar-refractivity contribution in [2.75, 3.05) is 0 Å². The molecular weight excluding hydrogens is 288 g/mol. The van der Waals surface area contributed by atoms with Crippen LogP contribution in [0.1, 0.15) is 102 Å². The standard InChI is InChI=1S/C24H40/c1-20-19-21(11-7-6-9-15-23(2,3)4)13-14-22(20)12-8-10-16-24(5)17-18-24/h13-14,19H,6-12,15-18H2,1-5H3. The van der Waals surface area contributed by atoms with Crippen molar-refractivity contribution in [2.24, 2.45) is 10.8 Å². The average molecular weight is 329 g/mol. The molecule has 0 N–H and O–H groups in total. The van der Waals surface area contributed by atoms with Crippen LogP contribution in [0.25, 0.3) is 0 Å². The Morgan fingerprint density at radius 3 is 2.25 bits per heavy atom. The first-order valence-electron chi connectivity index (χ1n) is 10.4. The molecular formula is C24H40. The number of hydrogen-bond acceptors (Lipinski definition) is 0. The third-order valence-corrected chi connectivity index (χ3v) is 5.88. The van der Waals surface area contributed by atoms with E-state index in [0.717, 1.165) is 5.41 Å². The van der Waals surface area contributed by atoms with Gasteiger partial charge in [0.2, 0.25) is 0 Å². The van der Waals surface area contributed by atoms with E-state index in [9.17, 15) is 0 Å². The third-order valence-electron chi connectivity index (χ3n) is 5.88. The van der Waals surface area contributed by atoms with Gasteiger partial charge in [0.25, 0.3) is 0 Å². The monoisotopic (exact) mass is 328 g/mol. The summed E-state index contributed by atoms with van der Waals surface area (Å²) in [6.45, 7) is 11.8. The Kier molecular flexibility index (Phi) is 6.96. The first-order valence-corrected chi connectivity index (χ1v) is 10.4. The Morgan fingerprint density at radius 1 is 0.917 bits per heavy atom. The molecule has 0 aromatic heterocycles. The molecule has 1 saturated carbocycles. The molecule has 24 heavy (non-hydrogen) atoms. The molecule has 0 unspecified atom stereocenters. The van der Waals surface area contributed by atoms with Crippen molar-refractivity contribution in [1.29, 1.82) is 0 Å². The highest BCUT2D eigenvalue weighted by atomic mass is 14.4. The van der Waals surface area contributed by atoms with Crippen molar-refractivity contribution < 1.29 is 0 Å². The van der Waals surface area contributed by atoms with Gasteiger partial charge in [0, 0.05) is 0 Å². The highest BCUT2D eigenvalue weighted by Crippen LogP contribution is 2.49. The Morgan fingerprint density at radius 2 is 1.62 bits per heavy atom. The minimum atomic E-state index is 0.495. The van der Waals surface area contributed by atoms with Crippen molar-refractivity contribution in [3.63, 3.8) is 0 Å². The molecule has 1 fully saturated rings.